The number of carbonyl (C=O) groups excluding carboxylic acids is 1. The number of nitrogens with one attached hydrogen (secondary N) is 1. The second-order valence-electron chi connectivity index (χ2n) is 7.57. The Balaban J connectivity index is 1.53. The Morgan fingerprint density at radius 3 is 2.36 bits per heavy atom. The molecule has 0 aliphatic heterocycles. The molecule has 0 saturated carbocycles. The van der Waals surface area contributed by atoms with E-state index in [9.17, 15) is 15.3 Å². The Morgan fingerprint density at radius 1 is 1.06 bits per heavy atom. The minimum atomic E-state index is -0.534. The Hall–Kier alpha value is -4.31. The zero-order valence-electron chi connectivity index (χ0n) is 19.3. The summed E-state index contributed by atoms with van der Waals surface area (Å²) in [7, 11) is 0. The van der Waals surface area contributed by atoms with Crippen LogP contribution in [0.4, 0.5) is 11.5 Å². The molecule has 9 heteroatoms. The van der Waals surface area contributed by atoms with E-state index in [1.54, 1.807) is 24.3 Å². The number of pyridine rings is 1. The number of nitrogens with zero attached hydrogens (tertiary/aromatic N) is 3. The number of carbonyl (C=O) groups is 1. The number of benzene rings is 2. The summed E-state index contributed by atoms with van der Waals surface area (Å²) in [6.45, 7) is 1.88. The normalized spacial score (nSPS) is 11.2. The molecule has 2 aromatic heterocycles. The van der Waals surface area contributed by atoms with E-state index in [1.165, 1.54) is 11.3 Å². The number of amides is 1. The number of hydrogen-bond donors (Lipinski definition) is 2. The van der Waals surface area contributed by atoms with Crippen molar-refractivity contribution in [3.63, 3.8) is 0 Å². The molecule has 2 heterocycles. The van der Waals surface area contributed by atoms with Crippen LogP contribution in [0, 0.1) is 22.7 Å². The predicted octanol–water partition coefficient (Wildman–Crippen LogP) is 6.44. The van der Waals surface area contributed by atoms with Crippen LogP contribution in [-0.2, 0) is 4.79 Å². The molecule has 1 amide bonds. The number of nitrogens with two attached hydrogens (primary N) is 1. The van der Waals surface area contributed by atoms with E-state index >= 15 is 0 Å². The SMILES string of the molecule is CCC(Sc1nc(N)c(C#N)c(-c2cccs2)c1C#N)C(=O)Nc1ccc(Oc2ccccc2)cc1. The first-order valence-electron chi connectivity index (χ1n) is 11.0. The molecule has 1 unspecified atom stereocenters. The lowest BCUT2D eigenvalue weighted by molar-refractivity contribution is -0.115. The molecule has 4 aromatic rings. The fraction of sp³-hybridized carbons (Fsp3) is 0.111. The molecule has 0 spiro atoms. The van der Waals surface area contributed by atoms with E-state index in [1.807, 2.05) is 54.8 Å². The number of rotatable bonds is 8. The Kier molecular flexibility index (Phi) is 7.86. The van der Waals surface area contributed by atoms with Gasteiger partial charge in [-0.05, 0) is 54.3 Å². The van der Waals surface area contributed by atoms with Gasteiger partial charge in [0, 0.05) is 16.1 Å². The number of ether oxygens (including phenoxy) is 1. The number of para-hydroxylation sites is 1. The van der Waals surface area contributed by atoms with Crippen LogP contribution in [0.15, 0.2) is 77.1 Å². The molecule has 0 aliphatic carbocycles. The summed E-state index contributed by atoms with van der Waals surface area (Å²) in [6.07, 6.45) is 0.493. The number of nitriles is 2. The van der Waals surface area contributed by atoms with Gasteiger partial charge in [-0.1, -0.05) is 43.0 Å². The Labute approximate surface area is 217 Å². The summed E-state index contributed by atoms with van der Waals surface area (Å²) >= 11 is 2.56. The number of nitrogen functional groups attached to an aromatic ring is 1. The van der Waals surface area contributed by atoms with Crippen molar-refractivity contribution in [3.8, 4) is 34.1 Å². The predicted molar refractivity (Wildman–Crippen MR) is 143 cm³/mol. The van der Waals surface area contributed by atoms with Crippen LogP contribution in [0.3, 0.4) is 0 Å². The van der Waals surface area contributed by atoms with Crippen LogP contribution >= 0.6 is 23.1 Å². The van der Waals surface area contributed by atoms with Gasteiger partial charge in [-0.15, -0.1) is 11.3 Å². The third kappa shape index (κ3) is 5.49. The molecule has 0 fully saturated rings. The average molecular weight is 512 g/mol. The summed E-state index contributed by atoms with van der Waals surface area (Å²) in [6, 6.07) is 24.4. The van der Waals surface area contributed by atoms with Gasteiger partial charge in [-0.2, -0.15) is 10.5 Å². The minimum Gasteiger partial charge on any atom is -0.457 e. The summed E-state index contributed by atoms with van der Waals surface area (Å²) in [5.74, 6) is 1.18. The van der Waals surface area contributed by atoms with Crippen LogP contribution in [0.2, 0.25) is 0 Å². The third-order valence-electron chi connectivity index (χ3n) is 5.20. The molecular weight excluding hydrogens is 490 g/mol. The first-order chi connectivity index (χ1) is 17.5. The van der Waals surface area contributed by atoms with Crippen LogP contribution in [0.1, 0.15) is 24.5 Å². The van der Waals surface area contributed by atoms with Gasteiger partial charge in [0.1, 0.15) is 40.0 Å². The van der Waals surface area contributed by atoms with Crippen LogP contribution in [0.25, 0.3) is 10.4 Å². The van der Waals surface area contributed by atoms with Gasteiger partial charge in [-0.25, -0.2) is 4.98 Å². The molecule has 0 radical (unpaired) electrons. The zero-order valence-corrected chi connectivity index (χ0v) is 20.9. The monoisotopic (exact) mass is 511 g/mol. The Bertz CT molecular complexity index is 1440. The zero-order chi connectivity index (χ0) is 25.5. The van der Waals surface area contributed by atoms with E-state index in [4.69, 9.17) is 10.5 Å². The maximum Gasteiger partial charge on any atom is 0.237 e. The first kappa shape index (κ1) is 24.8. The summed E-state index contributed by atoms with van der Waals surface area (Å²) in [4.78, 5) is 18.2. The smallest absolute Gasteiger partial charge is 0.237 e. The van der Waals surface area contributed by atoms with Gasteiger partial charge in [0.15, 0.2) is 0 Å². The third-order valence-corrected chi connectivity index (χ3v) is 7.44. The van der Waals surface area contributed by atoms with Crippen molar-refractivity contribution in [3.05, 3.63) is 83.2 Å². The Morgan fingerprint density at radius 2 is 1.75 bits per heavy atom. The summed E-state index contributed by atoms with van der Waals surface area (Å²) in [5.41, 5.74) is 7.55. The quantitative estimate of drug-likeness (QED) is 0.261. The van der Waals surface area contributed by atoms with Gasteiger partial charge < -0.3 is 15.8 Å². The molecule has 1 atom stereocenters. The molecule has 0 bridgehead atoms. The van der Waals surface area contributed by atoms with Crippen molar-refractivity contribution in [2.75, 3.05) is 11.1 Å². The highest BCUT2D eigenvalue weighted by Gasteiger charge is 2.26. The maximum absolute atomic E-state index is 13.1. The number of hydrogen-bond acceptors (Lipinski definition) is 8. The lowest BCUT2D eigenvalue weighted by Gasteiger charge is -2.17. The van der Waals surface area contributed by atoms with Crippen LogP contribution in [-0.4, -0.2) is 16.1 Å². The lowest BCUT2D eigenvalue weighted by Crippen LogP contribution is -2.25. The maximum atomic E-state index is 13.1. The van der Waals surface area contributed by atoms with Crippen molar-refractivity contribution in [1.82, 2.24) is 4.98 Å². The van der Waals surface area contributed by atoms with Crippen LogP contribution < -0.4 is 15.8 Å². The lowest BCUT2D eigenvalue weighted by atomic mass is 10.0. The van der Waals surface area contributed by atoms with E-state index in [2.05, 4.69) is 22.4 Å². The van der Waals surface area contributed by atoms with Crippen molar-refractivity contribution in [1.29, 1.82) is 10.5 Å². The topological polar surface area (TPSA) is 125 Å². The van der Waals surface area contributed by atoms with E-state index in [0.29, 0.717) is 28.4 Å². The summed E-state index contributed by atoms with van der Waals surface area (Å²) in [5, 5.41) is 24.1. The molecule has 36 heavy (non-hydrogen) atoms. The van der Waals surface area contributed by atoms with Gasteiger partial charge >= 0.3 is 0 Å². The molecule has 3 N–H and O–H groups in total. The van der Waals surface area contributed by atoms with E-state index in [-0.39, 0.29) is 22.9 Å². The summed E-state index contributed by atoms with van der Waals surface area (Å²) < 4.78 is 5.79. The molecule has 178 valence electrons. The number of aromatic nitrogens is 1. The van der Waals surface area contributed by atoms with Gasteiger partial charge in [0.05, 0.1) is 10.8 Å². The first-order valence-corrected chi connectivity index (χ1v) is 12.8. The number of thioether (sulfide) groups is 1. The van der Waals surface area contributed by atoms with E-state index in [0.717, 1.165) is 22.4 Å². The molecule has 7 nitrogen and oxygen atoms in total. The largest absolute Gasteiger partial charge is 0.457 e. The molecule has 4 rings (SSSR count). The second-order valence-corrected chi connectivity index (χ2v) is 9.71. The van der Waals surface area contributed by atoms with Crippen molar-refractivity contribution < 1.29 is 9.53 Å². The molecule has 0 saturated heterocycles. The second kappa shape index (κ2) is 11.4. The molecule has 0 aliphatic rings. The average Bonchev–Trinajstić information content (AvgIpc) is 3.43. The molecular formula is C27H21N5O2S2. The van der Waals surface area contributed by atoms with Crippen LogP contribution in [0.5, 0.6) is 11.5 Å². The fourth-order valence-electron chi connectivity index (χ4n) is 3.46. The number of anilines is 2. The number of thiophene rings is 1. The van der Waals surface area contributed by atoms with Crippen molar-refractivity contribution in [2.45, 2.75) is 23.6 Å². The minimum absolute atomic E-state index is 0.0340. The van der Waals surface area contributed by atoms with Crippen molar-refractivity contribution in [2.24, 2.45) is 0 Å². The standard InChI is InChI=1S/C27H21N5O2S2/c1-2-22(26(33)31-17-10-12-19(13-11-17)34-18-7-4-3-5-8-18)36-27-21(16-29)24(23-9-6-14-35-23)20(15-28)25(30)32-27/h3-14,22H,2H2,1H3,(H2,30,32)(H,31,33). The highest BCUT2D eigenvalue weighted by Crippen LogP contribution is 2.39. The molecule has 2 aromatic carbocycles. The van der Waals surface area contributed by atoms with Gasteiger partial charge in [0.2, 0.25) is 5.91 Å². The highest BCUT2D eigenvalue weighted by molar-refractivity contribution is 8.00. The van der Waals surface area contributed by atoms with Gasteiger partial charge in [0.25, 0.3) is 0 Å². The highest BCUT2D eigenvalue weighted by atomic mass is 32.2. The van der Waals surface area contributed by atoms with Crippen molar-refractivity contribution >= 4 is 40.5 Å². The fourth-order valence-corrected chi connectivity index (χ4v) is 5.26. The van der Waals surface area contributed by atoms with E-state index < -0.39 is 5.25 Å². The van der Waals surface area contributed by atoms with Gasteiger partial charge in [-0.3, -0.25) is 4.79 Å².